The fraction of sp³-hybridized carbons (Fsp3) is 0.600. The van der Waals surface area contributed by atoms with Gasteiger partial charge in [0, 0.05) is 15.6 Å². The minimum atomic E-state index is -0.992. The Balaban J connectivity index is 2.47. The van der Waals surface area contributed by atoms with Crippen LogP contribution in [0.15, 0.2) is 18.2 Å². The number of ether oxygens (including phenoxy) is 1. The first-order chi connectivity index (χ1) is 9.11. The van der Waals surface area contributed by atoms with Crippen LogP contribution in [0.3, 0.4) is 0 Å². The van der Waals surface area contributed by atoms with E-state index in [0.717, 1.165) is 0 Å². The summed E-state index contributed by atoms with van der Waals surface area (Å²) in [5.74, 6) is 0. The van der Waals surface area contributed by atoms with Crippen LogP contribution in [0.2, 0.25) is 10.0 Å². The number of rotatable bonds is 7. The van der Waals surface area contributed by atoms with Gasteiger partial charge in [0.25, 0.3) is 0 Å². The molecule has 0 amide bonds. The molecular weight excluding hydrogens is 299 g/mol. The number of halogens is 2. The van der Waals surface area contributed by atoms with Crippen LogP contribution in [-0.4, -0.2) is 28.0 Å². The lowest BCUT2D eigenvalue weighted by atomic mass is 9.93. The van der Waals surface area contributed by atoms with Gasteiger partial charge >= 0.3 is 0 Å². The molecular formula is C15H22Cl2O3. The maximum atomic E-state index is 10.2. The van der Waals surface area contributed by atoms with Crippen LogP contribution in [-0.2, 0) is 11.3 Å². The van der Waals surface area contributed by atoms with Crippen LogP contribution >= 0.6 is 23.2 Å². The van der Waals surface area contributed by atoms with E-state index in [1.165, 1.54) is 0 Å². The molecule has 1 rings (SSSR count). The van der Waals surface area contributed by atoms with Gasteiger partial charge in [0.05, 0.1) is 24.4 Å². The topological polar surface area (TPSA) is 49.7 Å². The molecule has 1 aromatic carbocycles. The van der Waals surface area contributed by atoms with Gasteiger partial charge in [-0.2, -0.15) is 0 Å². The van der Waals surface area contributed by atoms with Crippen molar-refractivity contribution in [2.45, 2.75) is 51.4 Å². The average molecular weight is 321 g/mol. The third kappa shape index (κ3) is 6.42. The summed E-state index contributed by atoms with van der Waals surface area (Å²) in [6.45, 7) is 5.52. The minimum absolute atomic E-state index is 0.157. The van der Waals surface area contributed by atoms with Crippen molar-refractivity contribution in [1.82, 2.24) is 0 Å². The lowest BCUT2D eigenvalue weighted by Gasteiger charge is -2.27. The molecule has 20 heavy (non-hydrogen) atoms. The first kappa shape index (κ1) is 17.7. The second-order valence-electron chi connectivity index (χ2n) is 6.00. The van der Waals surface area contributed by atoms with Gasteiger partial charge in [-0.1, -0.05) is 29.3 Å². The lowest BCUT2D eigenvalue weighted by molar-refractivity contribution is -0.0579. The SMILES string of the molecule is CC(C)(O)CCC(C)(O)COCc1c(Cl)cccc1Cl. The van der Waals surface area contributed by atoms with E-state index in [1.54, 1.807) is 39.0 Å². The predicted octanol–water partition coefficient (Wildman–Crippen LogP) is 3.81. The van der Waals surface area contributed by atoms with Crippen molar-refractivity contribution >= 4 is 23.2 Å². The van der Waals surface area contributed by atoms with E-state index in [-0.39, 0.29) is 13.2 Å². The van der Waals surface area contributed by atoms with Gasteiger partial charge in [-0.15, -0.1) is 0 Å². The van der Waals surface area contributed by atoms with Crippen LogP contribution < -0.4 is 0 Å². The standard InChI is InChI=1S/C15H22Cl2O3/c1-14(2,18)7-8-15(3,19)10-20-9-11-12(16)5-4-6-13(11)17/h4-6,18-19H,7-10H2,1-3H3. The molecule has 1 aromatic rings. The molecule has 0 heterocycles. The highest BCUT2D eigenvalue weighted by atomic mass is 35.5. The number of benzene rings is 1. The Morgan fingerprint density at radius 2 is 1.60 bits per heavy atom. The Morgan fingerprint density at radius 1 is 1.05 bits per heavy atom. The van der Waals surface area contributed by atoms with E-state index < -0.39 is 11.2 Å². The van der Waals surface area contributed by atoms with Crippen LogP contribution in [0, 0.1) is 0 Å². The lowest BCUT2D eigenvalue weighted by Crippen LogP contribution is -2.33. The van der Waals surface area contributed by atoms with Crippen LogP contribution in [0.4, 0.5) is 0 Å². The molecule has 114 valence electrons. The van der Waals surface area contributed by atoms with Crippen molar-refractivity contribution in [3.8, 4) is 0 Å². The first-order valence-corrected chi connectivity index (χ1v) is 7.32. The minimum Gasteiger partial charge on any atom is -0.390 e. The molecule has 0 spiro atoms. The summed E-state index contributed by atoms with van der Waals surface area (Å²) in [5, 5.41) is 21.0. The van der Waals surface area contributed by atoms with E-state index in [0.29, 0.717) is 28.5 Å². The fourth-order valence-corrected chi connectivity index (χ4v) is 2.20. The van der Waals surface area contributed by atoms with Gasteiger partial charge < -0.3 is 14.9 Å². The molecule has 0 aliphatic rings. The summed E-state index contributed by atoms with van der Waals surface area (Å²) in [4.78, 5) is 0. The largest absolute Gasteiger partial charge is 0.390 e. The molecule has 1 unspecified atom stereocenters. The molecule has 5 heteroatoms. The number of hydrogen-bond donors (Lipinski definition) is 2. The highest BCUT2D eigenvalue weighted by Gasteiger charge is 2.25. The zero-order chi connectivity index (χ0) is 15.4. The van der Waals surface area contributed by atoms with Gasteiger partial charge in [-0.05, 0) is 45.7 Å². The van der Waals surface area contributed by atoms with E-state index in [2.05, 4.69) is 0 Å². The third-order valence-corrected chi connectivity index (χ3v) is 3.70. The summed E-state index contributed by atoms with van der Waals surface area (Å²) in [6.07, 6.45) is 0.947. The first-order valence-electron chi connectivity index (χ1n) is 6.56. The molecule has 0 aliphatic heterocycles. The fourth-order valence-electron chi connectivity index (χ4n) is 1.69. The monoisotopic (exact) mass is 320 g/mol. The molecule has 0 aromatic heterocycles. The van der Waals surface area contributed by atoms with E-state index >= 15 is 0 Å². The van der Waals surface area contributed by atoms with E-state index in [9.17, 15) is 10.2 Å². The van der Waals surface area contributed by atoms with Crippen molar-refractivity contribution in [3.05, 3.63) is 33.8 Å². The second-order valence-corrected chi connectivity index (χ2v) is 6.82. The smallest absolute Gasteiger partial charge is 0.0853 e. The molecule has 0 bridgehead atoms. The van der Waals surface area contributed by atoms with Crippen molar-refractivity contribution in [3.63, 3.8) is 0 Å². The predicted molar refractivity (Wildman–Crippen MR) is 82.3 cm³/mol. The molecule has 2 N–H and O–H groups in total. The average Bonchev–Trinajstić information content (AvgIpc) is 2.30. The zero-order valence-electron chi connectivity index (χ0n) is 12.1. The highest BCUT2D eigenvalue weighted by molar-refractivity contribution is 6.35. The molecule has 0 fully saturated rings. The quantitative estimate of drug-likeness (QED) is 0.803. The van der Waals surface area contributed by atoms with E-state index in [1.807, 2.05) is 0 Å². The number of aliphatic hydroxyl groups is 2. The Kier molecular flexibility index (Phi) is 6.29. The summed E-state index contributed by atoms with van der Waals surface area (Å²) in [7, 11) is 0. The van der Waals surface area contributed by atoms with Crippen molar-refractivity contribution in [2.75, 3.05) is 6.61 Å². The molecule has 0 saturated carbocycles. The third-order valence-electron chi connectivity index (χ3n) is 3.00. The van der Waals surface area contributed by atoms with Crippen LogP contribution in [0.1, 0.15) is 39.2 Å². The normalized spacial score (nSPS) is 15.2. The summed E-state index contributed by atoms with van der Waals surface area (Å²) < 4.78 is 5.51. The maximum Gasteiger partial charge on any atom is 0.0853 e. The molecule has 0 aliphatic carbocycles. The van der Waals surface area contributed by atoms with Gasteiger partial charge in [-0.25, -0.2) is 0 Å². The Morgan fingerprint density at radius 3 is 2.10 bits per heavy atom. The summed E-state index contributed by atoms with van der Waals surface area (Å²) in [5.41, 5.74) is -1.07. The Labute approximate surface area is 130 Å². The molecule has 0 saturated heterocycles. The second kappa shape index (κ2) is 7.10. The highest BCUT2D eigenvalue weighted by Crippen LogP contribution is 2.26. The molecule has 3 nitrogen and oxygen atoms in total. The van der Waals surface area contributed by atoms with Gasteiger partial charge in [-0.3, -0.25) is 0 Å². The van der Waals surface area contributed by atoms with Crippen molar-refractivity contribution in [2.24, 2.45) is 0 Å². The summed E-state index contributed by atoms with van der Waals surface area (Å²) in [6, 6.07) is 5.27. The number of hydrogen-bond acceptors (Lipinski definition) is 3. The maximum absolute atomic E-state index is 10.2. The molecule has 1 atom stereocenters. The van der Waals surface area contributed by atoms with Crippen LogP contribution in [0.25, 0.3) is 0 Å². The molecule has 0 radical (unpaired) electrons. The summed E-state index contributed by atoms with van der Waals surface area (Å²) >= 11 is 12.1. The van der Waals surface area contributed by atoms with E-state index in [4.69, 9.17) is 27.9 Å². The van der Waals surface area contributed by atoms with Gasteiger partial charge in [0.2, 0.25) is 0 Å². The Hall–Kier alpha value is -0.320. The Bertz CT molecular complexity index is 419. The van der Waals surface area contributed by atoms with Gasteiger partial charge in [0.1, 0.15) is 0 Å². The van der Waals surface area contributed by atoms with Crippen molar-refractivity contribution in [1.29, 1.82) is 0 Å². The van der Waals surface area contributed by atoms with Crippen LogP contribution in [0.5, 0.6) is 0 Å². The van der Waals surface area contributed by atoms with Gasteiger partial charge in [0.15, 0.2) is 0 Å². The van der Waals surface area contributed by atoms with Crippen molar-refractivity contribution < 1.29 is 14.9 Å². The zero-order valence-corrected chi connectivity index (χ0v) is 13.6.